The smallest absolute Gasteiger partial charge is 0.337 e. The van der Waals surface area contributed by atoms with Crippen molar-refractivity contribution in [2.24, 2.45) is 0 Å². The maximum absolute atomic E-state index is 11.4. The van der Waals surface area contributed by atoms with Crippen molar-refractivity contribution in [3.63, 3.8) is 0 Å². The predicted octanol–water partition coefficient (Wildman–Crippen LogP) is 2.05. The van der Waals surface area contributed by atoms with E-state index in [0.717, 1.165) is 19.6 Å². The molecule has 1 N–H and O–H groups in total. The molecule has 4 nitrogen and oxygen atoms in total. The molecule has 0 aromatic heterocycles. The average Bonchev–Trinajstić information content (AvgIpc) is 2.47. The van der Waals surface area contributed by atoms with E-state index in [4.69, 9.17) is 4.74 Å². The largest absolute Gasteiger partial charge is 0.465 e. The molecule has 1 aromatic carbocycles. The molecule has 19 heavy (non-hydrogen) atoms. The zero-order valence-electron chi connectivity index (χ0n) is 11.7. The molecule has 1 heterocycles. The molecule has 2 rings (SSSR count). The topological polar surface area (TPSA) is 41.6 Å². The Morgan fingerprint density at radius 2 is 2.16 bits per heavy atom. The molecule has 0 spiro atoms. The van der Waals surface area contributed by atoms with E-state index in [1.54, 1.807) is 0 Å². The molecule has 0 amide bonds. The van der Waals surface area contributed by atoms with Gasteiger partial charge in [-0.15, -0.1) is 0 Å². The summed E-state index contributed by atoms with van der Waals surface area (Å²) in [6.45, 7) is 5.28. The van der Waals surface area contributed by atoms with Crippen LogP contribution in [0.1, 0.15) is 30.1 Å². The van der Waals surface area contributed by atoms with Gasteiger partial charge in [0, 0.05) is 31.4 Å². The van der Waals surface area contributed by atoms with E-state index < -0.39 is 0 Å². The van der Waals surface area contributed by atoms with Gasteiger partial charge < -0.3 is 15.0 Å². The van der Waals surface area contributed by atoms with Crippen molar-refractivity contribution >= 4 is 11.7 Å². The summed E-state index contributed by atoms with van der Waals surface area (Å²) in [7, 11) is 1.41. The number of nitrogens with one attached hydrogen (secondary N) is 1. The summed E-state index contributed by atoms with van der Waals surface area (Å²) in [5.74, 6) is -0.281. The quantitative estimate of drug-likeness (QED) is 0.843. The molecule has 0 saturated carbocycles. The predicted molar refractivity (Wildman–Crippen MR) is 76.7 cm³/mol. The van der Waals surface area contributed by atoms with Crippen LogP contribution in [-0.4, -0.2) is 38.8 Å². The van der Waals surface area contributed by atoms with Gasteiger partial charge in [-0.05, 0) is 30.7 Å². The molecule has 0 bridgehead atoms. The van der Waals surface area contributed by atoms with E-state index in [-0.39, 0.29) is 5.97 Å². The fourth-order valence-corrected chi connectivity index (χ4v) is 2.60. The maximum atomic E-state index is 11.4. The van der Waals surface area contributed by atoms with Crippen LogP contribution in [0.15, 0.2) is 24.3 Å². The Hall–Kier alpha value is -1.55. The van der Waals surface area contributed by atoms with Gasteiger partial charge in [0.25, 0.3) is 0 Å². The van der Waals surface area contributed by atoms with Crippen LogP contribution in [0.2, 0.25) is 0 Å². The number of carbonyl (C=O) groups is 1. The van der Waals surface area contributed by atoms with Crippen LogP contribution in [0.5, 0.6) is 0 Å². The Balaban J connectivity index is 2.13. The third-order valence-electron chi connectivity index (χ3n) is 3.59. The van der Waals surface area contributed by atoms with E-state index >= 15 is 0 Å². The van der Waals surface area contributed by atoms with Gasteiger partial charge in [-0.25, -0.2) is 4.79 Å². The van der Waals surface area contributed by atoms with E-state index in [9.17, 15) is 4.79 Å². The molecule has 0 radical (unpaired) electrons. The number of hydrogen-bond acceptors (Lipinski definition) is 4. The van der Waals surface area contributed by atoms with Crippen LogP contribution < -0.4 is 10.2 Å². The van der Waals surface area contributed by atoms with Gasteiger partial charge in [-0.2, -0.15) is 0 Å². The summed E-state index contributed by atoms with van der Waals surface area (Å²) >= 11 is 0. The molecule has 1 fully saturated rings. The summed E-state index contributed by atoms with van der Waals surface area (Å²) in [6.07, 6.45) is 2.37. The van der Waals surface area contributed by atoms with Gasteiger partial charge in [-0.3, -0.25) is 0 Å². The number of anilines is 1. The molecule has 1 atom stereocenters. The SMILES string of the molecule is CCCC1CNCCN1c1ccc(C(=O)OC)cc1. The number of methoxy groups -OCH3 is 1. The lowest BCUT2D eigenvalue weighted by Gasteiger charge is -2.38. The molecule has 1 aromatic rings. The first kappa shape index (κ1) is 13.9. The van der Waals surface area contributed by atoms with Crippen LogP contribution in [0.3, 0.4) is 0 Å². The van der Waals surface area contributed by atoms with Crippen molar-refractivity contribution in [3.8, 4) is 0 Å². The average molecular weight is 262 g/mol. The Morgan fingerprint density at radius 1 is 1.42 bits per heavy atom. The number of carbonyl (C=O) groups excluding carboxylic acids is 1. The van der Waals surface area contributed by atoms with E-state index in [0.29, 0.717) is 11.6 Å². The highest BCUT2D eigenvalue weighted by atomic mass is 16.5. The normalized spacial score (nSPS) is 19.3. The zero-order valence-corrected chi connectivity index (χ0v) is 11.7. The molecule has 1 aliphatic rings. The lowest BCUT2D eigenvalue weighted by atomic mass is 10.1. The number of nitrogens with zero attached hydrogens (tertiary/aromatic N) is 1. The number of benzene rings is 1. The van der Waals surface area contributed by atoms with Crippen LogP contribution >= 0.6 is 0 Å². The number of rotatable bonds is 4. The minimum absolute atomic E-state index is 0.281. The minimum atomic E-state index is -0.281. The van der Waals surface area contributed by atoms with E-state index in [1.807, 2.05) is 24.3 Å². The van der Waals surface area contributed by atoms with Gasteiger partial charge in [-0.1, -0.05) is 13.3 Å². The summed E-state index contributed by atoms with van der Waals surface area (Å²) in [5.41, 5.74) is 1.79. The third-order valence-corrected chi connectivity index (χ3v) is 3.59. The highest BCUT2D eigenvalue weighted by molar-refractivity contribution is 5.89. The van der Waals surface area contributed by atoms with Crippen LogP contribution in [-0.2, 0) is 4.74 Å². The fraction of sp³-hybridized carbons (Fsp3) is 0.533. The first-order valence-corrected chi connectivity index (χ1v) is 6.92. The van der Waals surface area contributed by atoms with Gasteiger partial charge in [0.15, 0.2) is 0 Å². The van der Waals surface area contributed by atoms with E-state index in [1.165, 1.54) is 25.6 Å². The summed E-state index contributed by atoms with van der Waals surface area (Å²) in [6, 6.07) is 8.25. The highest BCUT2D eigenvalue weighted by Crippen LogP contribution is 2.21. The Bertz CT molecular complexity index is 415. The van der Waals surface area contributed by atoms with Crippen molar-refractivity contribution in [1.82, 2.24) is 5.32 Å². The Kier molecular flexibility index (Phi) is 4.80. The van der Waals surface area contributed by atoms with E-state index in [2.05, 4.69) is 17.1 Å². The molecule has 1 saturated heterocycles. The second kappa shape index (κ2) is 6.57. The summed E-state index contributed by atoms with van der Waals surface area (Å²) in [5, 5.41) is 3.44. The summed E-state index contributed by atoms with van der Waals surface area (Å²) < 4.78 is 4.72. The van der Waals surface area contributed by atoms with Gasteiger partial charge in [0.2, 0.25) is 0 Å². The molecule has 4 heteroatoms. The van der Waals surface area contributed by atoms with Crippen LogP contribution in [0.4, 0.5) is 5.69 Å². The molecular formula is C15H22N2O2. The zero-order chi connectivity index (χ0) is 13.7. The van der Waals surface area contributed by atoms with Crippen molar-refractivity contribution in [1.29, 1.82) is 0 Å². The lowest BCUT2D eigenvalue weighted by molar-refractivity contribution is 0.0601. The van der Waals surface area contributed by atoms with Crippen molar-refractivity contribution in [3.05, 3.63) is 29.8 Å². The first-order chi connectivity index (χ1) is 9.26. The van der Waals surface area contributed by atoms with Crippen LogP contribution in [0, 0.1) is 0 Å². The van der Waals surface area contributed by atoms with Crippen molar-refractivity contribution < 1.29 is 9.53 Å². The highest BCUT2D eigenvalue weighted by Gasteiger charge is 2.21. The standard InChI is InChI=1S/C15H22N2O2/c1-3-4-14-11-16-9-10-17(14)13-7-5-12(6-8-13)15(18)19-2/h5-8,14,16H,3-4,9-11H2,1-2H3. The number of ether oxygens (including phenoxy) is 1. The Morgan fingerprint density at radius 3 is 2.79 bits per heavy atom. The lowest BCUT2D eigenvalue weighted by Crippen LogP contribution is -2.51. The number of piperazine rings is 1. The maximum Gasteiger partial charge on any atom is 0.337 e. The van der Waals surface area contributed by atoms with Crippen LogP contribution in [0.25, 0.3) is 0 Å². The molecule has 1 aliphatic heterocycles. The fourth-order valence-electron chi connectivity index (χ4n) is 2.60. The molecule has 0 aliphatic carbocycles. The van der Waals surface area contributed by atoms with Crippen molar-refractivity contribution in [2.45, 2.75) is 25.8 Å². The van der Waals surface area contributed by atoms with Gasteiger partial charge >= 0.3 is 5.97 Å². The molecule has 104 valence electrons. The monoisotopic (exact) mass is 262 g/mol. The van der Waals surface area contributed by atoms with Gasteiger partial charge in [0.05, 0.1) is 12.7 Å². The van der Waals surface area contributed by atoms with Crippen molar-refractivity contribution in [2.75, 3.05) is 31.6 Å². The van der Waals surface area contributed by atoms with Gasteiger partial charge in [0.1, 0.15) is 0 Å². The second-order valence-corrected chi connectivity index (χ2v) is 4.88. The summed E-state index contributed by atoms with van der Waals surface area (Å²) in [4.78, 5) is 13.9. The molecule has 1 unspecified atom stereocenters. The second-order valence-electron chi connectivity index (χ2n) is 4.88. The number of esters is 1. The Labute approximate surface area is 114 Å². The minimum Gasteiger partial charge on any atom is -0.465 e. The first-order valence-electron chi connectivity index (χ1n) is 6.92. The number of hydrogen-bond donors (Lipinski definition) is 1. The third kappa shape index (κ3) is 3.26. The molecular weight excluding hydrogens is 240 g/mol.